The van der Waals surface area contributed by atoms with Crippen LogP contribution in [-0.2, 0) is 6.42 Å². The van der Waals surface area contributed by atoms with Gasteiger partial charge >= 0.3 is 0 Å². The monoisotopic (exact) mass is 272 g/mol. The number of carbonyl (C=O) groups excluding carboxylic acids is 1. The molecule has 0 saturated carbocycles. The number of rotatable bonds is 4. The number of anilines is 2. The Balaban J connectivity index is 2.23. The van der Waals surface area contributed by atoms with Crippen LogP contribution < -0.4 is 11.1 Å². The summed E-state index contributed by atoms with van der Waals surface area (Å²) in [5.41, 5.74) is 7.92. The zero-order valence-corrected chi connectivity index (χ0v) is 11.3. The molecule has 3 nitrogen and oxygen atoms in total. The lowest BCUT2D eigenvalue weighted by molar-refractivity contribution is 0.102. The van der Waals surface area contributed by atoms with Crippen LogP contribution >= 0.6 is 0 Å². The highest BCUT2D eigenvalue weighted by atomic mass is 19.1. The molecule has 1 amide bonds. The van der Waals surface area contributed by atoms with Crippen LogP contribution in [0.1, 0.15) is 29.3 Å². The topological polar surface area (TPSA) is 55.1 Å². The molecule has 0 heterocycles. The zero-order chi connectivity index (χ0) is 14.5. The average Bonchev–Trinajstić information content (AvgIpc) is 2.41. The van der Waals surface area contributed by atoms with E-state index in [9.17, 15) is 9.18 Å². The first-order chi connectivity index (χ1) is 9.61. The number of amides is 1. The summed E-state index contributed by atoms with van der Waals surface area (Å²) in [7, 11) is 0. The van der Waals surface area contributed by atoms with Crippen molar-refractivity contribution in [2.75, 3.05) is 11.1 Å². The van der Waals surface area contributed by atoms with Crippen molar-refractivity contribution >= 4 is 17.3 Å². The van der Waals surface area contributed by atoms with Crippen molar-refractivity contribution in [2.45, 2.75) is 19.8 Å². The Hall–Kier alpha value is -2.36. The molecular formula is C16H17FN2O. The van der Waals surface area contributed by atoms with E-state index in [-0.39, 0.29) is 17.2 Å². The number of carbonyl (C=O) groups is 1. The first-order valence-corrected chi connectivity index (χ1v) is 6.56. The fourth-order valence-corrected chi connectivity index (χ4v) is 2.06. The van der Waals surface area contributed by atoms with Crippen LogP contribution in [0.3, 0.4) is 0 Å². The largest absolute Gasteiger partial charge is 0.398 e. The standard InChI is InChI=1S/C16H17FN2O/c1-2-5-11-6-3-4-7-15(11)19-16(20)13-9-8-12(17)10-14(13)18/h3-4,6-10H,2,5,18H2,1H3,(H,19,20). The Bertz CT molecular complexity index is 626. The molecule has 0 spiro atoms. The molecule has 0 aliphatic carbocycles. The summed E-state index contributed by atoms with van der Waals surface area (Å²) in [6.45, 7) is 2.08. The number of aryl methyl sites for hydroxylation is 1. The molecule has 2 aromatic rings. The third kappa shape index (κ3) is 3.15. The van der Waals surface area contributed by atoms with Gasteiger partial charge in [-0.1, -0.05) is 31.5 Å². The minimum absolute atomic E-state index is 0.135. The maximum Gasteiger partial charge on any atom is 0.257 e. The number of nitrogens with one attached hydrogen (secondary N) is 1. The normalized spacial score (nSPS) is 10.3. The Morgan fingerprint density at radius 2 is 2.00 bits per heavy atom. The van der Waals surface area contributed by atoms with E-state index in [1.165, 1.54) is 12.1 Å². The molecule has 0 radical (unpaired) electrons. The van der Waals surface area contributed by atoms with Gasteiger partial charge in [-0.3, -0.25) is 4.79 Å². The summed E-state index contributed by atoms with van der Waals surface area (Å²) in [5.74, 6) is -0.781. The Kier molecular flexibility index (Phi) is 4.35. The van der Waals surface area contributed by atoms with Crippen molar-refractivity contribution in [3.63, 3.8) is 0 Å². The second-order valence-electron chi connectivity index (χ2n) is 4.59. The lowest BCUT2D eigenvalue weighted by atomic mass is 10.1. The molecular weight excluding hydrogens is 255 g/mol. The molecule has 0 unspecified atom stereocenters. The summed E-state index contributed by atoms with van der Waals surface area (Å²) in [4.78, 5) is 12.2. The van der Waals surface area contributed by atoms with Crippen molar-refractivity contribution in [2.24, 2.45) is 0 Å². The number of hydrogen-bond donors (Lipinski definition) is 2. The van der Waals surface area contributed by atoms with Crippen LogP contribution in [0.4, 0.5) is 15.8 Å². The van der Waals surface area contributed by atoms with E-state index in [0.29, 0.717) is 0 Å². The van der Waals surface area contributed by atoms with Gasteiger partial charge in [0.2, 0.25) is 0 Å². The molecule has 0 bridgehead atoms. The van der Waals surface area contributed by atoms with E-state index in [4.69, 9.17) is 5.73 Å². The van der Waals surface area contributed by atoms with Gasteiger partial charge in [-0.05, 0) is 36.2 Å². The van der Waals surface area contributed by atoms with Crippen molar-refractivity contribution in [1.29, 1.82) is 0 Å². The van der Waals surface area contributed by atoms with Gasteiger partial charge in [0, 0.05) is 11.4 Å². The van der Waals surface area contributed by atoms with Crippen LogP contribution in [0, 0.1) is 5.82 Å². The fraction of sp³-hybridized carbons (Fsp3) is 0.188. The number of nitrogen functional groups attached to an aromatic ring is 1. The van der Waals surface area contributed by atoms with Crippen molar-refractivity contribution in [3.05, 3.63) is 59.4 Å². The molecule has 0 fully saturated rings. The minimum Gasteiger partial charge on any atom is -0.398 e. The highest BCUT2D eigenvalue weighted by Crippen LogP contribution is 2.20. The van der Waals surface area contributed by atoms with E-state index in [1.807, 2.05) is 24.3 Å². The summed E-state index contributed by atoms with van der Waals surface area (Å²) in [5, 5.41) is 2.83. The van der Waals surface area contributed by atoms with E-state index < -0.39 is 5.82 Å². The second-order valence-corrected chi connectivity index (χ2v) is 4.59. The highest BCUT2D eigenvalue weighted by Gasteiger charge is 2.12. The van der Waals surface area contributed by atoms with Gasteiger partial charge in [0.25, 0.3) is 5.91 Å². The molecule has 104 valence electrons. The number of hydrogen-bond acceptors (Lipinski definition) is 2. The summed E-state index contributed by atoms with van der Waals surface area (Å²) in [6, 6.07) is 11.4. The van der Waals surface area contributed by atoms with Gasteiger partial charge in [0.05, 0.1) is 5.56 Å². The van der Waals surface area contributed by atoms with Gasteiger partial charge in [-0.25, -0.2) is 4.39 Å². The molecule has 0 saturated heterocycles. The van der Waals surface area contributed by atoms with Crippen LogP contribution in [0.25, 0.3) is 0 Å². The van der Waals surface area contributed by atoms with Crippen LogP contribution in [-0.4, -0.2) is 5.91 Å². The lowest BCUT2D eigenvalue weighted by Gasteiger charge is -2.11. The van der Waals surface area contributed by atoms with E-state index in [1.54, 1.807) is 0 Å². The van der Waals surface area contributed by atoms with Crippen LogP contribution in [0.5, 0.6) is 0 Å². The molecule has 0 aliphatic heterocycles. The summed E-state index contributed by atoms with van der Waals surface area (Å²) in [6.07, 6.45) is 1.88. The maximum absolute atomic E-state index is 13.0. The smallest absolute Gasteiger partial charge is 0.257 e. The lowest BCUT2D eigenvalue weighted by Crippen LogP contribution is -2.15. The van der Waals surface area contributed by atoms with Gasteiger partial charge in [-0.15, -0.1) is 0 Å². The molecule has 2 rings (SSSR count). The predicted octanol–water partition coefficient (Wildman–Crippen LogP) is 3.61. The van der Waals surface area contributed by atoms with Crippen LogP contribution in [0.2, 0.25) is 0 Å². The molecule has 0 aliphatic rings. The number of benzene rings is 2. The quantitative estimate of drug-likeness (QED) is 0.835. The Morgan fingerprint density at radius 3 is 2.70 bits per heavy atom. The Morgan fingerprint density at radius 1 is 1.25 bits per heavy atom. The number of halogens is 1. The Labute approximate surface area is 117 Å². The van der Waals surface area contributed by atoms with Crippen molar-refractivity contribution < 1.29 is 9.18 Å². The number of para-hydroxylation sites is 1. The van der Waals surface area contributed by atoms with E-state index >= 15 is 0 Å². The molecule has 20 heavy (non-hydrogen) atoms. The molecule has 0 aromatic heterocycles. The summed E-state index contributed by atoms with van der Waals surface area (Å²) >= 11 is 0. The average molecular weight is 272 g/mol. The number of nitrogens with two attached hydrogens (primary N) is 1. The van der Waals surface area contributed by atoms with Crippen LogP contribution in [0.15, 0.2) is 42.5 Å². The van der Waals surface area contributed by atoms with Gasteiger partial charge in [0.15, 0.2) is 0 Å². The van der Waals surface area contributed by atoms with Gasteiger partial charge in [0.1, 0.15) is 5.82 Å². The van der Waals surface area contributed by atoms with Crippen molar-refractivity contribution in [3.8, 4) is 0 Å². The molecule has 0 atom stereocenters. The fourth-order valence-electron chi connectivity index (χ4n) is 2.06. The molecule has 4 heteroatoms. The van der Waals surface area contributed by atoms with Crippen molar-refractivity contribution in [1.82, 2.24) is 0 Å². The third-order valence-corrected chi connectivity index (χ3v) is 3.04. The predicted molar refractivity (Wildman–Crippen MR) is 79.2 cm³/mol. The second kappa shape index (κ2) is 6.19. The molecule has 2 aromatic carbocycles. The highest BCUT2D eigenvalue weighted by molar-refractivity contribution is 6.08. The first-order valence-electron chi connectivity index (χ1n) is 6.56. The van der Waals surface area contributed by atoms with E-state index in [0.717, 1.165) is 30.2 Å². The zero-order valence-electron chi connectivity index (χ0n) is 11.3. The van der Waals surface area contributed by atoms with Gasteiger partial charge < -0.3 is 11.1 Å². The maximum atomic E-state index is 13.0. The SMILES string of the molecule is CCCc1ccccc1NC(=O)c1ccc(F)cc1N. The first kappa shape index (κ1) is 14.1. The van der Waals surface area contributed by atoms with E-state index in [2.05, 4.69) is 12.2 Å². The summed E-state index contributed by atoms with van der Waals surface area (Å²) < 4.78 is 13.0. The third-order valence-electron chi connectivity index (χ3n) is 3.04. The minimum atomic E-state index is -0.453. The molecule has 3 N–H and O–H groups in total. The van der Waals surface area contributed by atoms with Gasteiger partial charge in [-0.2, -0.15) is 0 Å².